The number of hydrogen-bond acceptors (Lipinski definition) is 3. The second kappa shape index (κ2) is 6.26. The van der Waals surface area contributed by atoms with Gasteiger partial charge in [0.2, 0.25) is 0 Å². The number of aromatic nitrogens is 1. The van der Waals surface area contributed by atoms with Gasteiger partial charge in [0.05, 0.1) is 12.8 Å². The lowest BCUT2D eigenvalue weighted by molar-refractivity contribution is 0.101. The molecule has 0 spiro atoms. The zero-order valence-electron chi connectivity index (χ0n) is 10.2. The van der Waals surface area contributed by atoms with Gasteiger partial charge in [-0.05, 0) is 24.5 Å². The number of pyridine rings is 1. The SMILES string of the molecule is CCCC(C)COc1ccc(C(C)=O)nc1. The molecule has 3 heteroatoms. The van der Waals surface area contributed by atoms with Gasteiger partial charge in [0, 0.05) is 6.92 Å². The Hall–Kier alpha value is -1.38. The fourth-order valence-electron chi connectivity index (χ4n) is 1.49. The molecule has 1 aromatic rings. The molecule has 0 aliphatic heterocycles. The highest BCUT2D eigenvalue weighted by molar-refractivity contribution is 5.92. The molecule has 1 rings (SSSR count). The number of ether oxygens (including phenoxy) is 1. The molecule has 0 N–H and O–H groups in total. The second-order valence-electron chi connectivity index (χ2n) is 4.14. The quantitative estimate of drug-likeness (QED) is 0.693. The molecule has 1 unspecified atom stereocenters. The van der Waals surface area contributed by atoms with E-state index < -0.39 is 0 Å². The number of hydrogen-bond donors (Lipinski definition) is 0. The molecule has 1 heterocycles. The summed E-state index contributed by atoms with van der Waals surface area (Å²) >= 11 is 0. The lowest BCUT2D eigenvalue weighted by atomic mass is 10.1. The Morgan fingerprint density at radius 1 is 1.50 bits per heavy atom. The number of Topliss-reactive ketones (excluding diaryl/α,β-unsaturated/α-hetero) is 1. The van der Waals surface area contributed by atoms with Gasteiger partial charge in [-0.3, -0.25) is 4.79 Å². The first-order valence-corrected chi connectivity index (χ1v) is 5.73. The van der Waals surface area contributed by atoms with Crippen molar-refractivity contribution in [3.8, 4) is 5.75 Å². The van der Waals surface area contributed by atoms with E-state index in [0.717, 1.165) is 5.75 Å². The highest BCUT2D eigenvalue weighted by atomic mass is 16.5. The minimum Gasteiger partial charge on any atom is -0.492 e. The van der Waals surface area contributed by atoms with E-state index >= 15 is 0 Å². The summed E-state index contributed by atoms with van der Waals surface area (Å²) in [6, 6.07) is 3.49. The molecule has 0 saturated heterocycles. The monoisotopic (exact) mass is 221 g/mol. The van der Waals surface area contributed by atoms with E-state index in [-0.39, 0.29) is 5.78 Å². The summed E-state index contributed by atoms with van der Waals surface area (Å²) in [7, 11) is 0. The van der Waals surface area contributed by atoms with Crippen molar-refractivity contribution in [3.05, 3.63) is 24.0 Å². The van der Waals surface area contributed by atoms with E-state index in [2.05, 4.69) is 18.8 Å². The molecule has 1 aromatic heterocycles. The van der Waals surface area contributed by atoms with E-state index in [1.165, 1.54) is 19.8 Å². The van der Waals surface area contributed by atoms with Crippen LogP contribution in [0.15, 0.2) is 18.3 Å². The Balaban J connectivity index is 2.46. The van der Waals surface area contributed by atoms with Crippen LogP contribution >= 0.6 is 0 Å². The average molecular weight is 221 g/mol. The lowest BCUT2D eigenvalue weighted by Crippen LogP contribution is -2.08. The second-order valence-corrected chi connectivity index (χ2v) is 4.14. The van der Waals surface area contributed by atoms with E-state index in [1.54, 1.807) is 18.3 Å². The topological polar surface area (TPSA) is 39.2 Å². The first kappa shape index (κ1) is 12.7. The number of nitrogens with zero attached hydrogens (tertiary/aromatic N) is 1. The van der Waals surface area contributed by atoms with Gasteiger partial charge in [-0.15, -0.1) is 0 Å². The molecule has 0 bridgehead atoms. The smallest absolute Gasteiger partial charge is 0.178 e. The van der Waals surface area contributed by atoms with Crippen molar-refractivity contribution in [2.45, 2.75) is 33.6 Å². The molecule has 0 amide bonds. The van der Waals surface area contributed by atoms with E-state index in [4.69, 9.17) is 4.74 Å². The molecular weight excluding hydrogens is 202 g/mol. The first-order valence-electron chi connectivity index (χ1n) is 5.73. The van der Waals surface area contributed by atoms with Crippen molar-refractivity contribution in [3.63, 3.8) is 0 Å². The van der Waals surface area contributed by atoms with Crippen molar-refractivity contribution in [1.29, 1.82) is 0 Å². The maximum Gasteiger partial charge on any atom is 0.178 e. The Morgan fingerprint density at radius 3 is 2.75 bits per heavy atom. The van der Waals surface area contributed by atoms with Crippen LogP contribution in [0.25, 0.3) is 0 Å². The molecule has 0 radical (unpaired) electrons. The van der Waals surface area contributed by atoms with Gasteiger partial charge in [0.25, 0.3) is 0 Å². The number of rotatable bonds is 6. The van der Waals surface area contributed by atoms with Crippen molar-refractivity contribution < 1.29 is 9.53 Å². The highest BCUT2D eigenvalue weighted by Gasteiger charge is 2.04. The van der Waals surface area contributed by atoms with Crippen molar-refractivity contribution in [2.24, 2.45) is 5.92 Å². The Bertz CT molecular complexity index is 332. The summed E-state index contributed by atoms with van der Waals surface area (Å²) in [4.78, 5) is 15.0. The molecule has 16 heavy (non-hydrogen) atoms. The summed E-state index contributed by atoms with van der Waals surface area (Å²) < 4.78 is 5.58. The van der Waals surface area contributed by atoms with Gasteiger partial charge in [0.1, 0.15) is 11.4 Å². The summed E-state index contributed by atoms with van der Waals surface area (Å²) in [5, 5.41) is 0. The number of carbonyl (C=O) groups is 1. The fraction of sp³-hybridized carbons (Fsp3) is 0.538. The summed E-state index contributed by atoms with van der Waals surface area (Å²) in [6.45, 7) is 6.54. The molecule has 0 aliphatic carbocycles. The summed E-state index contributed by atoms with van der Waals surface area (Å²) in [6.07, 6.45) is 3.94. The highest BCUT2D eigenvalue weighted by Crippen LogP contribution is 2.12. The van der Waals surface area contributed by atoms with Crippen LogP contribution in [-0.4, -0.2) is 17.4 Å². The molecule has 3 nitrogen and oxygen atoms in total. The third kappa shape index (κ3) is 4.01. The Labute approximate surface area is 96.8 Å². The Kier molecular flexibility index (Phi) is 4.96. The molecule has 0 saturated carbocycles. The van der Waals surface area contributed by atoms with Crippen LogP contribution in [0.3, 0.4) is 0 Å². The van der Waals surface area contributed by atoms with Crippen LogP contribution in [0.4, 0.5) is 0 Å². The molecule has 0 aromatic carbocycles. The van der Waals surface area contributed by atoms with Crippen molar-refractivity contribution in [1.82, 2.24) is 4.98 Å². The van der Waals surface area contributed by atoms with Gasteiger partial charge in [-0.1, -0.05) is 20.3 Å². The molecule has 0 aliphatic rings. The normalized spacial score (nSPS) is 12.2. The predicted molar refractivity (Wildman–Crippen MR) is 63.8 cm³/mol. The van der Waals surface area contributed by atoms with Crippen LogP contribution in [0.5, 0.6) is 5.75 Å². The minimum absolute atomic E-state index is 0.0223. The lowest BCUT2D eigenvalue weighted by Gasteiger charge is -2.11. The number of carbonyl (C=O) groups excluding carboxylic acids is 1. The fourth-order valence-corrected chi connectivity index (χ4v) is 1.49. The zero-order chi connectivity index (χ0) is 12.0. The van der Waals surface area contributed by atoms with E-state index in [1.807, 2.05) is 0 Å². The summed E-state index contributed by atoms with van der Waals surface area (Å²) in [5.41, 5.74) is 0.481. The third-order valence-electron chi connectivity index (χ3n) is 2.41. The molecular formula is C13H19NO2. The average Bonchev–Trinajstić information content (AvgIpc) is 2.27. The van der Waals surface area contributed by atoms with Gasteiger partial charge in [-0.25, -0.2) is 4.98 Å². The Morgan fingerprint density at radius 2 is 2.25 bits per heavy atom. The molecule has 88 valence electrons. The largest absolute Gasteiger partial charge is 0.492 e. The van der Waals surface area contributed by atoms with Gasteiger partial charge in [0.15, 0.2) is 5.78 Å². The molecule has 0 fully saturated rings. The van der Waals surface area contributed by atoms with Crippen LogP contribution in [0.1, 0.15) is 44.1 Å². The van der Waals surface area contributed by atoms with Gasteiger partial charge >= 0.3 is 0 Å². The summed E-state index contributed by atoms with van der Waals surface area (Å²) in [5.74, 6) is 1.26. The van der Waals surface area contributed by atoms with Crippen LogP contribution < -0.4 is 4.74 Å². The first-order chi connectivity index (χ1) is 7.63. The van der Waals surface area contributed by atoms with E-state index in [9.17, 15) is 4.79 Å². The van der Waals surface area contributed by atoms with Gasteiger partial charge < -0.3 is 4.74 Å². The zero-order valence-corrected chi connectivity index (χ0v) is 10.2. The van der Waals surface area contributed by atoms with Gasteiger partial charge in [-0.2, -0.15) is 0 Å². The van der Waals surface area contributed by atoms with E-state index in [0.29, 0.717) is 18.2 Å². The molecule has 1 atom stereocenters. The maximum absolute atomic E-state index is 11.0. The van der Waals surface area contributed by atoms with Crippen molar-refractivity contribution in [2.75, 3.05) is 6.61 Å². The van der Waals surface area contributed by atoms with Crippen LogP contribution in [-0.2, 0) is 0 Å². The standard InChI is InChI=1S/C13H19NO2/c1-4-5-10(2)9-16-12-6-7-13(11(3)15)14-8-12/h6-8,10H,4-5,9H2,1-3H3. The van der Waals surface area contributed by atoms with Crippen LogP contribution in [0, 0.1) is 5.92 Å². The van der Waals surface area contributed by atoms with Crippen molar-refractivity contribution >= 4 is 5.78 Å². The minimum atomic E-state index is -0.0223. The number of ketones is 1. The third-order valence-corrected chi connectivity index (χ3v) is 2.41. The maximum atomic E-state index is 11.0. The predicted octanol–water partition coefficient (Wildman–Crippen LogP) is 3.10. The van der Waals surface area contributed by atoms with Crippen LogP contribution in [0.2, 0.25) is 0 Å².